The monoisotopic (exact) mass is 298 g/mol. The van der Waals surface area contributed by atoms with Crippen LogP contribution in [0.15, 0.2) is 22.7 Å². The highest BCUT2D eigenvalue weighted by Crippen LogP contribution is 2.60. The van der Waals surface area contributed by atoms with Gasteiger partial charge in [0.15, 0.2) is 0 Å². The van der Waals surface area contributed by atoms with E-state index >= 15 is 0 Å². The normalized spacial score (nSPS) is 33.0. The number of fused-ring (bicyclic) bond motifs is 1. The molecule has 0 radical (unpaired) electrons. The third-order valence-corrected chi connectivity index (χ3v) is 4.98. The molecule has 0 saturated heterocycles. The van der Waals surface area contributed by atoms with Crippen LogP contribution in [0.4, 0.5) is 4.39 Å². The molecule has 2 fully saturated rings. The van der Waals surface area contributed by atoms with Crippen LogP contribution in [0.25, 0.3) is 0 Å². The minimum Gasteiger partial charge on any atom is -0.388 e. The summed E-state index contributed by atoms with van der Waals surface area (Å²) in [5, 5.41) is 10.4. The second-order valence-corrected chi connectivity index (χ2v) is 6.16. The van der Waals surface area contributed by atoms with Crippen molar-refractivity contribution in [1.29, 1.82) is 0 Å². The molecule has 3 heteroatoms. The zero-order valence-electron chi connectivity index (χ0n) is 9.57. The van der Waals surface area contributed by atoms with Crippen molar-refractivity contribution >= 4 is 15.9 Å². The topological polar surface area (TPSA) is 20.2 Å². The van der Waals surface area contributed by atoms with E-state index in [1.807, 2.05) is 0 Å². The van der Waals surface area contributed by atoms with Crippen molar-refractivity contribution in [3.05, 3.63) is 34.1 Å². The lowest BCUT2D eigenvalue weighted by molar-refractivity contribution is 0.142. The van der Waals surface area contributed by atoms with Gasteiger partial charge in [-0.05, 0) is 64.2 Å². The Labute approximate surface area is 109 Å². The summed E-state index contributed by atoms with van der Waals surface area (Å²) in [7, 11) is 0. The average molecular weight is 299 g/mol. The Morgan fingerprint density at radius 1 is 1.24 bits per heavy atom. The second kappa shape index (κ2) is 4.36. The van der Waals surface area contributed by atoms with Crippen molar-refractivity contribution < 1.29 is 9.50 Å². The van der Waals surface area contributed by atoms with E-state index in [0.717, 1.165) is 5.56 Å². The quantitative estimate of drug-likeness (QED) is 0.873. The van der Waals surface area contributed by atoms with E-state index in [-0.39, 0.29) is 5.82 Å². The highest BCUT2D eigenvalue weighted by molar-refractivity contribution is 9.10. The molecule has 3 atom stereocenters. The Balaban J connectivity index is 1.78. The zero-order valence-corrected chi connectivity index (χ0v) is 11.2. The maximum absolute atomic E-state index is 13.1. The summed E-state index contributed by atoms with van der Waals surface area (Å²) in [4.78, 5) is 0. The van der Waals surface area contributed by atoms with Crippen LogP contribution in [0, 0.1) is 23.6 Å². The van der Waals surface area contributed by atoms with Gasteiger partial charge in [0.1, 0.15) is 5.82 Å². The molecule has 92 valence electrons. The van der Waals surface area contributed by atoms with Crippen molar-refractivity contribution in [2.24, 2.45) is 17.8 Å². The summed E-state index contributed by atoms with van der Waals surface area (Å²) in [6.45, 7) is 0. The van der Waals surface area contributed by atoms with Gasteiger partial charge in [0.25, 0.3) is 0 Å². The Hall–Kier alpha value is -0.410. The van der Waals surface area contributed by atoms with Gasteiger partial charge in [-0.2, -0.15) is 0 Å². The third kappa shape index (κ3) is 2.04. The summed E-state index contributed by atoms with van der Waals surface area (Å²) in [5.41, 5.74) is 0.845. The van der Waals surface area contributed by atoms with Crippen LogP contribution >= 0.6 is 15.9 Å². The predicted molar refractivity (Wildman–Crippen MR) is 68.0 cm³/mol. The van der Waals surface area contributed by atoms with Crippen LogP contribution in [0.2, 0.25) is 0 Å². The molecule has 2 saturated carbocycles. The predicted octanol–water partition coefficient (Wildman–Crippen LogP) is 4.06. The first-order chi connectivity index (χ1) is 8.18. The first kappa shape index (κ1) is 11.7. The molecule has 0 spiro atoms. The van der Waals surface area contributed by atoms with Gasteiger partial charge in [-0.3, -0.25) is 0 Å². The van der Waals surface area contributed by atoms with Gasteiger partial charge in [0.05, 0.1) is 10.6 Å². The highest BCUT2D eigenvalue weighted by atomic mass is 79.9. The van der Waals surface area contributed by atoms with Gasteiger partial charge in [-0.25, -0.2) is 4.39 Å². The van der Waals surface area contributed by atoms with Gasteiger partial charge in [-0.15, -0.1) is 0 Å². The van der Waals surface area contributed by atoms with Gasteiger partial charge >= 0.3 is 0 Å². The molecule has 1 N–H and O–H groups in total. The molecule has 0 heterocycles. The lowest BCUT2D eigenvalue weighted by Gasteiger charge is -2.11. The smallest absolute Gasteiger partial charge is 0.137 e. The second-order valence-electron chi connectivity index (χ2n) is 5.31. The zero-order chi connectivity index (χ0) is 12.0. The van der Waals surface area contributed by atoms with Crippen LogP contribution < -0.4 is 0 Å². The summed E-state index contributed by atoms with van der Waals surface area (Å²) >= 11 is 3.17. The van der Waals surface area contributed by atoms with E-state index in [0.29, 0.717) is 22.2 Å². The van der Waals surface area contributed by atoms with Crippen LogP contribution in [-0.4, -0.2) is 5.11 Å². The maximum atomic E-state index is 13.1. The van der Waals surface area contributed by atoms with Crippen LogP contribution in [0.3, 0.4) is 0 Å². The van der Waals surface area contributed by atoms with Gasteiger partial charge in [-0.1, -0.05) is 18.9 Å². The summed E-state index contributed by atoms with van der Waals surface area (Å²) in [6.07, 6.45) is 4.71. The molecule has 17 heavy (non-hydrogen) atoms. The molecule has 1 aromatic rings. The number of benzene rings is 1. The molecular formula is C14H16BrFO. The maximum Gasteiger partial charge on any atom is 0.137 e. The molecule has 3 unspecified atom stereocenters. The molecule has 0 aliphatic heterocycles. The first-order valence-corrected chi connectivity index (χ1v) is 7.11. The molecule has 1 aromatic carbocycles. The Bertz CT molecular complexity index is 422. The number of rotatable bonds is 2. The van der Waals surface area contributed by atoms with Gasteiger partial charge < -0.3 is 5.11 Å². The summed E-state index contributed by atoms with van der Waals surface area (Å²) < 4.78 is 13.6. The van der Waals surface area contributed by atoms with E-state index in [4.69, 9.17) is 0 Å². The van der Waals surface area contributed by atoms with E-state index in [2.05, 4.69) is 15.9 Å². The Kier molecular flexibility index (Phi) is 2.99. The van der Waals surface area contributed by atoms with E-state index < -0.39 is 6.10 Å². The largest absolute Gasteiger partial charge is 0.388 e. The third-order valence-electron chi connectivity index (χ3n) is 4.37. The fourth-order valence-corrected chi connectivity index (χ4v) is 3.83. The van der Waals surface area contributed by atoms with Crippen molar-refractivity contribution in [2.75, 3.05) is 0 Å². The standard InChI is InChI=1S/C14H16BrFO/c15-11-7-8(5-6-12(11)16)14(17)13-9-3-1-2-4-10(9)13/h5-7,9-10,13-14,17H,1-4H2. The average Bonchev–Trinajstić information content (AvgIpc) is 3.06. The van der Waals surface area contributed by atoms with Crippen LogP contribution in [0.5, 0.6) is 0 Å². The molecule has 1 nitrogen and oxygen atoms in total. The summed E-state index contributed by atoms with van der Waals surface area (Å²) in [5.74, 6) is 1.56. The van der Waals surface area contributed by atoms with Crippen molar-refractivity contribution in [3.8, 4) is 0 Å². The number of aliphatic hydroxyl groups excluding tert-OH is 1. The van der Waals surface area contributed by atoms with Crippen molar-refractivity contribution in [3.63, 3.8) is 0 Å². The molecule has 2 aliphatic rings. The van der Waals surface area contributed by atoms with Crippen LogP contribution in [0.1, 0.15) is 37.4 Å². The van der Waals surface area contributed by atoms with Crippen molar-refractivity contribution in [2.45, 2.75) is 31.8 Å². The minimum atomic E-state index is -0.417. The van der Waals surface area contributed by atoms with Crippen molar-refractivity contribution in [1.82, 2.24) is 0 Å². The first-order valence-electron chi connectivity index (χ1n) is 6.31. The fraction of sp³-hybridized carbons (Fsp3) is 0.571. The molecular weight excluding hydrogens is 283 g/mol. The summed E-state index contributed by atoms with van der Waals surface area (Å²) in [6, 6.07) is 4.84. The van der Waals surface area contributed by atoms with Gasteiger partial charge in [0, 0.05) is 0 Å². The van der Waals surface area contributed by atoms with E-state index in [1.54, 1.807) is 12.1 Å². The van der Waals surface area contributed by atoms with Gasteiger partial charge in [0.2, 0.25) is 0 Å². The molecule has 3 rings (SSSR count). The van der Waals surface area contributed by atoms with E-state index in [9.17, 15) is 9.50 Å². The Morgan fingerprint density at radius 3 is 2.47 bits per heavy atom. The Morgan fingerprint density at radius 2 is 1.88 bits per heavy atom. The SMILES string of the molecule is OC(c1ccc(F)c(Br)c1)C1C2CCCCC21. The minimum absolute atomic E-state index is 0.269. The number of halogens is 2. The lowest BCUT2D eigenvalue weighted by Crippen LogP contribution is -2.02. The van der Waals surface area contributed by atoms with Crippen LogP contribution in [-0.2, 0) is 0 Å². The fourth-order valence-electron chi connectivity index (χ4n) is 3.43. The molecule has 0 bridgehead atoms. The molecule has 0 amide bonds. The van der Waals surface area contributed by atoms with E-state index in [1.165, 1.54) is 31.7 Å². The lowest BCUT2D eigenvalue weighted by atomic mass is 10.0. The number of hydrogen-bond acceptors (Lipinski definition) is 1. The highest BCUT2D eigenvalue weighted by Gasteiger charge is 2.54. The number of aliphatic hydroxyl groups is 1. The number of hydrogen-bond donors (Lipinski definition) is 1. The molecule has 0 aromatic heterocycles. The molecule has 2 aliphatic carbocycles.